The van der Waals surface area contributed by atoms with E-state index in [9.17, 15) is 0 Å². The molecule has 2 saturated heterocycles. The van der Waals surface area contributed by atoms with Crippen molar-refractivity contribution in [1.82, 2.24) is 0 Å². The van der Waals surface area contributed by atoms with Gasteiger partial charge < -0.3 is 0 Å². The van der Waals surface area contributed by atoms with Crippen LogP contribution in [0.15, 0.2) is 97.1 Å². The molecule has 8 rings (SSSR count). The number of para-hydroxylation sites is 2. The fourth-order valence-electron chi connectivity index (χ4n) is 11.0. The van der Waals surface area contributed by atoms with Crippen LogP contribution in [0.2, 0.25) is 0 Å². The first-order valence-electron chi connectivity index (χ1n) is 25.4. The van der Waals surface area contributed by atoms with Crippen LogP contribution in [0.1, 0.15) is 106 Å². The van der Waals surface area contributed by atoms with Crippen LogP contribution >= 0.6 is 38.8 Å². The monoisotopic (exact) mass is 1250 g/mol. The van der Waals surface area contributed by atoms with E-state index in [1.54, 1.807) is 0 Å². The zero-order chi connectivity index (χ0) is 54.1. The molecule has 74 heavy (non-hydrogen) atoms. The van der Waals surface area contributed by atoms with Crippen LogP contribution < -0.4 is 29.1 Å². The van der Waals surface area contributed by atoms with Gasteiger partial charge in [0.1, 0.15) is 0 Å². The van der Waals surface area contributed by atoms with E-state index >= 15 is 0 Å². The SMILES string of the molecule is Cc1cc(C)c(N2CCN(c3c(C)cc(C)cc3C)[C]2=[Ru]([Cl])([Cl])=[CH]c2ccccc2OC(C)C)c(C)c1.Cc1cc(C)c(N2CCN(c3c(C)cc(C)cc3C)[C]2=[Ru]([Cl])([Cl])=[CH]c2ccccc2OC(C)C)c(C)c1. The van der Waals surface area contributed by atoms with Crippen LogP contribution in [-0.2, 0) is 23.8 Å². The molecule has 6 aromatic carbocycles. The predicted molar refractivity (Wildman–Crippen MR) is 320 cm³/mol. The number of hydrogen-bond acceptors (Lipinski definition) is 6. The molecule has 0 atom stereocenters. The summed E-state index contributed by atoms with van der Waals surface area (Å²) in [5.41, 5.74) is 21.7. The molecular weight excluding hydrogens is 1180 g/mol. The van der Waals surface area contributed by atoms with E-state index in [1.807, 2.05) is 76.2 Å². The Morgan fingerprint density at radius 3 is 0.811 bits per heavy atom. The zero-order valence-corrected chi connectivity index (χ0v) is 52.7. The molecule has 0 amide bonds. The second kappa shape index (κ2) is 23.7. The second-order valence-electron chi connectivity index (χ2n) is 20.6. The van der Waals surface area contributed by atoms with Gasteiger partial charge in [0, 0.05) is 0 Å². The summed E-state index contributed by atoms with van der Waals surface area (Å²) in [7, 11) is 30.2. The van der Waals surface area contributed by atoms with Gasteiger partial charge in [-0.25, -0.2) is 0 Å². The molecule has 0 N–H and O–H groups in total. The molecule has 2 aliphatic rings. The number of ether oxygens (including phenoxy) is 2. The number of halogens is 4. The van der Waals surface area contributed by atoms with Crippen LogP contribution in [0.4, 0.5) is 22.7 Å². The Labute approximate surface area is 464 Å². The Morgan fingerprint density at radius 1 is 0.378 bits per heavy atom. The van der Waals surface area contributed by atoms with Gasteiger partial charge in [-0.1, -0.05) is 0 Å². The molecule has 12 heteroatoms. The Balaban J connectivity index is 0.000000216. The molecule has 0 radical (unpaired) electrons. The van der Waals surface area contributed by atoms with Gasteiger partial charge in [-0.3, -0.25) is 0 Å². The molecule has 0 saturated carbocycles. The van der Waals surface area contributed by atoms with Gasteiger partial charge in [0.15, 0.2) is 0 Å². The number of aryl methyl sites for hydroxylation is 12. The second-order valence-corrected chi connectivity index (χ2v) is 39.1. The summed E-state index contributed by atoms with van der Waals surface area (Å²) in [6.07, 6.45) is 0.116. The average Bonchev–Trinajstić information content (AvgIpc) is 3.90. The third-order valence-electron chi connectivity index (χ3n) is 13.0. The van der Waals surface area contributed by atoms with E-state index in [-0.39, 0.29) is 12.2 Å². The number of anilines is 4. The standard InChI is InChI=1S/2C21H26N2.2C10H12O.4ClH.2Ru/c2*1-14-9-16(3)20(17(4)10-14)22-7-8-23(13-22)21-18(5)11-15(2)12-19(21)6;2*1-8(2)11-10-7-5-4-6-9(10)3;;;;;;/h2*9-12H,7-8H2,1-6H3;2*3-8H,1-2H3;4*1H;;/q;;;;;;;;2*+2/p-4. The summed E-state index contributed by atoms with van der Waals surface area (Å²) >= 11 is -7.23. The van der Waals surface area contributed by atoms with Gasteiger partial charge in [-0.05, 0) is 0 Å². The molecule has 6 nitrogen and oxygen atoms in total. The fourth-order valence-corrected chi connectivity index (χ4v) is 23.0. The van der Waals surface area contributed by atoms with Crippen LogP contribution in [-0.4, -0.2) is 56.3 Å². The molecule has 2 fully saturated rings. The summed E-state index contributed by atoms with van der Waals surface area (Å²) in [6, 6.07) is 34.1. The predicted octanol–water partition coefficient (Wildman–Crippen LogP) is 16.1. The Morgan fingerprint density at radius 2 is 0.595 bits per heavy atom. The fraction of sp³-hybridized carbons (Fsp3) is 0.355. The van der Waals surface area contributed by atoms with Crippen LogP contribution in [0.3, 0.4) is 0 Å². The minimum absolute atomic E-state index is 0.0582. The van der Waals surface area contributed by atoms with Crippen molar-refractivity contribution >= 4 is 79.4 Å². The summed E-state index contributed by atoms with van der Waals surface area (Å²) < 4.78 is 18.5. The van der Waals surface area contributed by atoms with Crippen molar-refractivity contribution in [3.05, 3.63) is 175 Å². The van der Waals surface area contributed by atoms with Gasteiger partial charge in [-0.15, -0.1) is 0 Å². The van der Waals surface area contributed by atoms with Crippen molar-refractivity contribution < 1.29 is 33.3 Å². The van der Waals surface area contributed by atoms with E-state index in [0.29, 0.717) is 0 Å². The first-order chi connectivity index (χ1) is 34.8. The molecule has 6 aromatic rings. The first kappa shape index (κ1) is 57.7. The first-order valence-corrected chi connectivity index (χ1v) is 38.1. The van der Waals surface area contributed by atoms with E-state index in [4.69, 9.17) is 48.2 Å². The van der Waals surface area contributed by atoms with Gasteiger partial charge in [0.05, 0.1) is 0 Å². The average molecular weight is 1250 g/mol. The van der Waals surface area contributed by atoms with Gasteiger partial charge >= 0.3 is 468 Å². The van der Waals surface area contributed by atoms with Crippen molar-refractivity contribution in [2.24, 2.45) is 0 Å². The molecule has 0 aliphatic carbocycles. The topological polar surface area (TPSA) is 31.4 Å². The van der Waals surface area contributed by atoms with Crippen molar-refractivity contribution in [2.45, 2.75) is 123 Å². The molecule has 2 aliphatic heterocycles. The van der Waals surface area contributed by atoms with E-state index in [2.05, 4.69) is 160 Å². The normalized spacial score (nSPS) is 14.5. The third kappa shape index (κ3) is 12.9. The van der Waals surface area contributed by atoms with E-state index < -0.39 is 23.8 Å². The van der Waals surface area contributed by atoms with Crippen molar-refractivity contribution in [2.75, 3.05) is 45.8 Å². The van der Waals surface area contributed by atoms with Crippen LogP contribution in [0.25, 0.3) is 0 Å². The summed E-state index contributed by atoms with van der Waals surface area (Å²) in [4.78, 5) is 9.55. The molecule has 0 unspecified atom stereocenters. The number of benzene rings is 6. The number of rotatable bonds is 10. The maximum absolute atomic E-state index is 7.55. The minimum atomic E-state index is -3.62. The molecule has 400 valence electrons. The summed E-state index contributed by atoms with van der Waals surface area (Å²) in [5, 5.41) is 0. The summed E-state index contributed by atoms with van der Waals surface area (Å²) in [6.45, 7) is 37.5. The Bertz CT molecular complexity index is 2920. The molecule has 0 bridgehead atoms. The molecule has 0 aromatic heterocycles. The molecular formula is C62H76Cl4N4O2Ru2. The quantitative estimate of drug-likeness (QED) is 0.127. The van der Waals surface area contributed by atoms with Gasteiger partial charge in [0.2, 0.25) is 0 Å². The van der Waals surface area contributed by atoms with Crippen molar-refractivity contribution in [3.63, 3.8) is 0 Å². The van der Waals surface area contributed by atoms with Crippen LogP contribution in [0, 0.1) is 83.1 Å². The van der Waals surface area contributed by atoms with Gasteiger partial charge in [0.25, 0.3) is 0 Å². The number of hydrogen-bond donors (Lipinski definition) is 0. The Hall–Kier alpha value is -3.99. The van der Waals surface area contributed by atoms with Crippen molar-refractivity contribution in [1.29, 1.82) is 0 Å². The van der Waals surface area contributed by atoms with E-state index in [0.717, 1.165) is 57.5 Å². The van der Waals surface area contributed by atoms with Crippen LogP contribution in [0.5, 0.6) is 11.5 Å². The molecule has 2 heterocycles. The zero-order valence-electron chi connectivity index (χ0n) is 46.2. The summed E-state index contributed by atoms with van der Waals surface area (Å²) in [5.74, 6) is 1.62. The third-order valence-corrected chi connectivity index (χ3v) is 24.0. The molecule has 0 spiro atoms. The van der Waals surface area contributed by atoms with E-state index in [1.165, 1.54) is 89.5 Å². The Kier molecular flexibility index (Phi) is 18.5. The number of nitrogens with zero attached hydrogens (tertiary/aromatic N) is 4. The maximum atomic E-state index is 7.55. The van der Waals surface area contributed by atoms with Gasteiger partial charge in [-0.2, -0.15) is 0 Å². The van der Waals surface area contributed by atoms with Crippen molar-refractivity contribution in [3.8, 4) is 11.5 Å².